The maximum absolute atomic E-state index is 12.6. The van der Waals surface area contributed by atoms with Gasteiger partial charge in [-0.3, -0.25) is 14.5 Å². The second-order valence-electron chi connectivity index (χ2n) is 5.86. The summed E-state index contributed by atoms with van der Waals surface area (Å²) in [4.78, 5) is 35.6. The topological polar surface area (TPSA) is 121 Å². The van der Waals surface area contributed by atoms with Crippen molar-refractivity contribution in [3.05, 3.63) is 52.7 Å². The fraction of sp³-hybridized carbons (Fsp3) is 0.235. The normalized spacial score (nSPS) is 21.8. The van der Waals surface area contributed by atoms with Gasteiger partial charge in [-0.15, -0.1) is 0 Å². The average Bonchev–Trinajstić information content (AvgIpc) is 2.57. The van der Waals surface area contributed by atoms with Crippen molar-refractivity contribution in [3.8, 4) is 0 Å². The van der Waals surface area contributed by atoms with E-state index in [4.69, 9.17) is 4.74 Å². The summed E-state index contributed by atoms with van der Waals surface area (Å²) in [5, 5.41) is 10.1. The number of carboxylic acid groups (broad SMARTS) is 1. The number of carbonyl (C=O) groups excluding carboxylic acids is 3. The maximum Gasteiger partial charge on any atom is 1.00 e. The van der Waals surface area contributed by atoms with Gasteiger partial charge in [-0.2, -0.15) is 0 Å². The van der Waals surface area contributed by atoms with E-state index >= 15 is 0 Å². The molecule has 0 unspecified atom stereocenters. The molecule has 1 fully saturated rings. The summed E-state index contributed by atoms with van der Waals surface area (Å²) in [6, 6.07) is 8.62. The van der Waals surface area contributed by atoms with Crippen LogP contribution in [0.1, 0.15) is 12.5 Å². The Kier molecular flexibility index (Phi) is 6.31. The van der Waals surface area contributed by atoms with Crippen LogP contribution in [0, 0.1) is 0 Å². The molecule has 0 N–H and O–H groups in total. The Hall–Kier alpha value is -1.94. The van der Waals surface area contributed by atoms with Crippen LogP contribution in [0.25, 0.3) is 6.08 Å². The molecule has 2 aliphatic heterocycles. The van der Waals surface area contributed by atoms with Crippen LogP contribution >= 0.6 is 0 Å². The minimum atomic E-state index is -3.89. The van der Waals surface area contributed by atoms with Gasteiger partial charge in [-0.05, 0) is 11.6 Å². The summed E-state index contributed by atoms with van der Waals surface area (Å²) in [6.07, 6.45) is 1.42. The third kappa shape index (κ3) is 4.01. The summed E-state index contributed by atoms with van der Waals surface area (Å²) >= 11 is 0. The summed E-state index contributed by atoms with van der Waals surface area (Å²) in [6.45, 7) is 0.570. The van der Waals surface area contributed by atoms with E-state index in [1.165, 1.54) is 6.08 Å². The van der Waals surface area contributed by atoms with Crippen molar-refractivity contribution in [2.75, 3.05) is 12.4 Å². The summed E-state index contributed by atoms with van der Waals surface area (Å²) in [5.74, 6) is -3.76. The number of carboxylic acids is 1. The van der Waals surface area contributed by atoms with Crippen molar-refractivity contribution in [2.24, 2.45) is 0 Å². The molecule has 2 heterocycles. The van der Waals surface area contributed by atoms with Crippen LogP contribution in [-0.2, 0) is 29.0 Å². The predicted molar refractivity (Wildman–Crippen MR) is 87.5 cm³/mol. The molecule has 1 amide bonds. The van der Waals surface area contributed by atoms with Gasteiger partial charge < -0.3 is 14.6 Å². The number of amides is 1. The van der Waals surface area contributed by atoms with Crippen molar-refractivity contribution >= 4 is 33.8 Å². The molecule has 10 heteroatoms. The number of nitrogens with zero attached hydrogens (tertiary/aromatic N) is 1. The number of carbonyl (C=O) groups is 3. The number of rotatable bonds is 4. The summed E-state index contributed by atoms with van der Waals surface area (Å²) in [5.41, 5.74) is -0.137. The number of ether oxygens (including phenoxy) is 1. The zero-order valence-corrected chi connectivity index (χ0v) is 17.5. The van der Waals surface area contributed by atoms with Gasteiger partial charge >= 0.3 is 35.5 Å². The smallest absolute Gasteiger partial charge is 0.543 e. The van der Waals surface area contributed by atoms with Gasteiger partial charge in [0.1, 0.15) is 6.61 Å². The molecule has 0 bridgehead atoms. The number of β-lactam (4-membered cyclic amide) rings is 1. The largest absolute Gasteiger partial charge is 1.00 e. The van der Waals surface area contributed by atoms with Gasteiger partial charge in [0.2, 0.25) is 0 Å². The number of esters is 1. The first-order valence-corrected chi connectivity index (χ1v) is 9.32. The van der Waals surface area contributed by atoms with Gasteiger partial charge in [0.05, 0.1) is 23.0 Å². The van der Waals surface area contributed by atoms with Crippen LogP contribution in [0.15, 0.2) is 47.2 Å². The van der Waals surface area contributed by atoms with Crippen LogP contribution < -0.4 is 34.7 Å². The Morgan fingerprint density at radius 2 is 1.93 bits per heavy atom. The van der Waals surface area contributed by atoms with E-state index in [0.29, 0.717) is 10.5 Å². The minimum Gasteiger partial charge on any atom is -0.543 e. The fourth-order valence-corrected chi connectivity index (χ4v) is 4.90. The zero-order valence-electron chi connectivity index (χ0n) is 14.7. The first kappa shape index (κ1) is 21.4. The van der Waals surface area contributed by atoms with Crippen molar-refractivity contribution in [1.29, 1.82) is 0 Å². The number of benzene rings is 1. The van der Waals surface area contributed by atoms with Crippen molar-refractivity contribution < 1.29 is 62.2 Å². The monoisotopic (exact) mass is 399 g/mol. The molecule has 3 rings (SSSR count). The first-order chi connectivity index (χ1) is 12.2. The van der Waals surface area contributed by atoms with Crippen LogP contribution in [-0.4, -0.2) is 48.9 Å². The molecule has 1 aromatic rings. The van der Waals surface area contributed by atoms with Gasteiger partial charge in [0.15, 0.2) is 15.2 Å². The SMILES string of the molecule is CC(=O)OCC1=C(C(=O)[O-])N2C(=O)/C(=C/c3ccccc3)[C@H]2S(=O)(=O)C1.[Na+]. The standard InChI is InChI=1S/C17H15NO7S.Na/c1-10(19)25-8-12-9-26(23,24)16-13(7-11-5-3-2-4-6-11)15(20)18(16)14(12)17(21)22;/h2-7,16H,8-9H2,1H3,(H,21,22);/q;+1/p-1/b13-7-;/t16-;/m1./s1. The van der Waals surface area contributed by atoms with E-state index in [9.17, 15) is 27.9 Å². The number of hydrogen-bond donors (Lipinski definition) is 0. The van der Waals surface area contributed by atoms with Crippen molar-refractivity contribution in [3.63, 3.8) is 0 Å². The number of hydrogen-bond acceptors (Lipinski definition) is 7. The number of sulfone groups is 1. The van der Waals surface area contributed by atoms with Gasteiger partial charge in [0, 0.05) is 12.5 Å². The molecule has 0 aliphatic carbocycles. The number of aliphatic carboxylic acids is 1. The van der Waals surface area contributed by atoms with E-state index < -0.39 is 51.1 Å². The molecule has 0 spiro atoms. The van der Waals surface area contributed by atoms with Crippen LogP contribution in [0.4, 0.5) is 0 Å². The predicted octanol–water partition coefficient (Wildman–Crippen LogP) is -3.76. The van der Waals surface area contributed by atoms with Gasteiger partial charge in [-0.25, -0.2) is 8.42 Å². The molecular formula is C17H14NNaO7S. The van der Waals surface area contributed by atoms with E-state index in [-0.39, 0.29) is 40.7 Å². The quantitative estimate of drug-likeness (QED) is 0.221. The van der Waals surface area contributed by atoms with Crippen LogP contribution in [0.2, 0.25) is 0 Å². The first-order valence-electron chi connectivity index (χ1n) is 7.61. The minimum absolute atomic E-state index is 0. The van der Waals surface area contributed by atoms with Crippen molar-refractivity contribution in [2.45, 2.75) is 12.3 Å². The molecule has 27 heavy (non-hydrogen) atoms. The Morgan fingerprint density at radius 1 is 1.30 bits per heavy atom. The Morgan fingerprint density at radius 3 is 2.48 bits per heavy atom. The van der Waals surface area contributed by atoms with Gasteiger partial charge in [-0.1, -0.05) is 30.3 Å². The summed E-state index contributed by atoms with van der Waals surface area (Å²) < 4.78 is 29.9. The third-order valence-corrected chi connectivity index (χ3v) is 5.92. The van der Waals surface area contributed by atoms with Crippen LogP contribution in [0.3, 0.4) is 0 Å². The molecule has 1 atom stereocenters. The van der Waals surface area contributed by atoms with E-state index in [1.54, 1.807) is 30.3 Å². The van der Waals surface area contributed by atoms with Crippen molar-refractivity contribution in [1.82, 2.24) is 4.90 Å². The average molecular weight is 399 g/mol. The second-order valence-corrected chi connectivity index (χ2v) is 7.93. The Bertz CT molecular complexity index is 966. The summed E-state index contributed by atoms with van der Waals surface area (Å²) in [7, 11) is -3.89. The molecule has 136 valence electrons. The maximum atomic E-state index is 12.6. The molecule has 8 nitrogen and oxygen atoms in total. The zero-order chi connectivity index (χ0) is 19.1. The molecular weight excluding hydrogens is 385 g/mol. The Labute approximate surface area is 177 Å². The third-order valence-electron chi connectivity index (χ3n) is 4.02. The van der Waals surface area contributed by atoms with E-state index in [2.05, 4.69) is 0 Å². The van der Waals surface area contributed by atoms with Crippen LogP contribution in [0.5, 0.6) is 0 Å². The molecule has 1 saturated heterocycles. The van der Waals surface area contributed by atoms with Gasteiger partial charge in [0.25, 0.3) is 5.91 Å². The molecule has 0 saturated carbocycles. The molecule has 1 aromatic carbocycles. The van der Waals surface area contributed by atoms with E-state index in [1.807, 2.05) is 0 Å². The molecule has 0 aromatic heterocycles. The molecule has 2 aliphatic rings. The molecule has 0 radical (unpaired) electrons. The second kappa shape index (κ2) is 7.97. The fourth-order valence-electron chi connectivity index (χ4n) is 2.96. The Balaban J connectivity index is 0.00000261. The van der Waals surface area contributed by atoms with E-state index in [0.717, 1.165) is 6.92 Å². The number of fused-ring (bicyclic) bond motifs is 1.